The van der Waals surface area contributed by atoms with Crippen LogP contribution in [0.4, 0.5) is 10.7 Å². The normalized spacial score (nSPS) is 19.1. The van der Waals surface area contributed by atoms with Crippen molar-refractivity contribution >= 4 is 39.7 Å². The average molecular weight is 313 g/mol. The molecule has 4 nitrogen and oxygen atoms in total. The van der Waals surface area contributed by atoms with Gasteiger partial charge in [-0.15, -0.1) is 11.3 Å². The number of amides is 1. The van der Waals surface area contributed by atoms with Crippen LogP contribution in [0.1, 0.15) is 36.4 Å². The van der Waals surface area contributed by atoms with E-state index in [0.29, 0.717) is 22.4 Å². The number of anilines is 2. The summed E-state index contributed by atoms with van der Waals surface area (Å²) >= 11 is 3.56. The van der Waals surface area contributed by atoms with Gasteiger partial charge in [0.25, 0.3) is 5.91 Å². The number of rotatable bonds is 5. The molecule has 1 unspecified atom stereocenters. The molecule has 1 saturated heterocycles. The molecule has 20 heavy (non-hydrogen) atoms. The molecule has 0 spiro atoms. The summed E-state index contributed by atoms with van der Waals surface area (Å²) < 4.78 is 0. The van der Waals surface area contributed by atoms with E-state index in [1.165, 1.54) is 17.8 Å². The molecule has 1 atom stereocenters. The first kappa shape index (κ1) is 15.5. The van der Waals surface area contributed by atoms with E-state index in [0.717, 1.165) is 30.3 Å². The van der Waals surface area contributed by atoms with Gasteiger partial charge in [0.15, 0.2) is 0 Å². The summed E-state index contributed by atoms with van der Waals surface area (Å²) in [7, 11) is 0. The van der Waals surface area contributed by atoms with Crippen molar-refractivity contribution in [1.82, 2.24) is 5.32 Å². The van der Waals surface area contributed by atoms with E-state index in [-0.39, 0.29) is 5.91 Å². The number of thioether (sulfide) groups is 1. The van der Waals surface area contributed by atoms with Crippen molar-refractivity contribution in [3.63, 3.8) is 0 Å². The number of hydrogen-bond donors (Lipinski definition) is 2. The number of nitrogens with two attached hydrogens (primary N) is 1. The molecule has 1 aliphatic rings. The fraction of sp³-hybridized carbons (Fsp3) is 0.643. The van der Waals surface area contributed by atoms with Crippen molar-refractivity contribution < 1.29 is 4.79 Å². The maximum atomic E-state index is 12.0. The quantitative estimate of drug-likeness (QED) is 0.877. The topological polar surface area (TPSA) is 58.4 Å². The molecule has 0 bridgehead atoms. The van der Waals surface area contributed by atoms with Crippen LogP contribution >= 0.6 is 23.1 Å². The zero-order valence-corrected chi connectivity index (χ0v) is 13.8. The standard InChI is InChI=1S/C14H23N3OS2/c1-3-5-16-14(18)13-11(15)8-12(20-13)17-6-7-19-10(4-2)9-17/h8,10H,3-7,9,15H2,1-2H3,(H,16,18). The lowest BCUT2D eigenvalue weighted by atomic mass is 10.3. The maximum absolute atomic E-state index is 12.0. The predicted molar refractivity (Wildman–Crippen MR) is 90.1 cm³/mol. The molecular formula is C14H23N3OS2. The highest BCUT2D eigenvalue weighted by Gasteiger charge is 2.22. The van der Waals surface area contributed by atoms with E-state index in [9.17, 15) is 4.79 Å². The van der Waals surface area contributed by atoms with Crippen molar-refractivity contribution in [2.45, 2.75) is 31.9 Å². The van der Waals surface area contributed by atoms with Gasteiger partial charge in [-0.1, -0.05) is 13.8 Å². The number of carbonyl (C=O) groups excluding carboxylic acids is 1. The van der Waals surface area contributed by atoms with Gasteiger partial charge in [0.1, 0.15) is 4.88 Å². The van der Waals surface area contributed by atoms with Gasteiger partial charge in [0.05, 0.1) is 10.7 Å². The summed E-state index contributed by atoms with van der Waals surface area (Å²) in [5, 5.41) is 4.71. The highest BCUT2D eigenvalue weighted by Crippen LogP contribution is 2.35. The van der Waals surface area contributed by atoms with Crippen LogP contribution in [0, 0.1) is 0 Å². The van der Waals surface area contributed by atoms with E-state index in [2.05, 4.69) is 17.1 Å². The van der Waals surface area contributed by atoms with Crippen LogP contribution in [0.25, 0.3) is 0 Å². The first-order valence-electron chi connectivity index (χ1n) is 7.19. The first-order chi connectivity index (χ1) is 9.65. The SMILES string of the molecule is CCCNC(=O)c1sc(N2CCSC(CC)C2)cc1N. The smallest absolute Gasteiger partial charge is 0.263 e. The first-order valence-corrected chi connectivity index (χ1v) is 9.06. The minimum Gasteiger partial charge on any atom is -0.397 e. The second-order valence-electron chi connectivity index (χ2n) is 4.97. The highest BCUT2D eigenvalue weighted by atomic mass is 32.2. The van der Waals surface area contributed by atoms with Gasteiger partial charge >= 0.3 is 0 Å². The third-order valence-electron chi connectivity index (χ3n) is 3.40. The molecule has 0 saturated carbocycles. The summed E-state index contributed by atoms with van der Waals surface area (Å²) in [6.07, 6.45) is 2.12. The molecule has 1 fully saturated rings. The number of nitrogens with one attached hydrogen (secondary N) is 1. The van der Waals surface area contributed by atoms with Gasteiger partial charge in [-0.2, -0.15) is 11.8 Å². The van der Waals surface area contributed by atoms with Crippen LogP contribution in [0.15, 0.2) is 6.07 Å². The van der Waals surface area contributed by atoms with Crippen LogP contribution in [0.5, 0.6) is 0 Å². The molecule has 3 N–H and O–H groups in total. The Hall–Kier alpha value is -0.880. The fourth-order valence-corrected chi connectivity index (χ4v) is 4.42. The molecule has 1 aliphatic heterocycles. The predicted octanol–water partition coefficient (Wildman–Crippen LogP) is 2.80. The van der Waals surface area contributed by atoms with Gasteiger partial charge in [-0.25, -0.2) is 0 Å². The van der Waals surface area contributed by atoms with E-state index in [1.807, 2.05) is 24.8 Å². The summed E-state index contributed by atoms with van der Waals surface area (Å²) in [4.78, 5) is 15.1. The number of nitrogens with zero attached hydrogens (tertiary/aromatic N) is 1. The van der Waals surface area contributed by atoms with Crippen LogP contribution in [0.2, 0.25) is 0 Å². The Morgan fingerprint density at radius 2 is 2.35 bits per heavy atom. The third-order valence-corrected chi connectivity index (χ3v) is 5.98. The maximum Gasteiger partial charge on any atom is 0.263 e. The van der Waals surface area contributed by atoms with Gasteiger partial charge in [-0.3, -0.25) is 4.79 Å². The third kappa shape index (κ3) is 3.61. The molecule has 0 aromatic carbocycles. The minimum absolute atomic E-state index is 0.0426. The van der Waals surface area contributed by atoms with E-state index < -0.39 is 0 Å². The highest BCUT2D eigenvalue weighted by molar-refractivity contribution is 8.00. The molecule has 2 heterocycles. The Balaban J connectivity index is 2.08. The summed E-state index contributed by atoms with van der Waals surface area (Å²) in [6, 6.07) is 1.95. The number of thiophene rings is 1. The van der Waals surface area contributed by atoms with E-state index >= 15 is 0 Å². The summed E-state index contributed by atoms with van der Waals surface area (Å²) in [5.41, 5.74) is 6.61. The fourth-order valence-electron chi connectivity index (χ4n) is 2.21. The summed E-state index contributed by atoms with van der Waals surface area (Å²) in [5.74, 6) is 1.10. The monoisotopic (exact) mass is 313 g/mol. The molecule has 1 aromatic rings. The molecule has 1 amide bonds. The Bertz CT molecular complexity index is 461. The Morgan fingerprint density at radius 1 is 1.55 bits per heavy atom. The largest absolute Gasteiger partial charge is 0.397 e. The average Bonchev–Trinajstić information content (AvgIpc) is 2.87. The Morgan fingerprint density at radius 3 is 3.05 bits per heavy atom. The van der Waals surface area contributed by atoms with Gasteiger partial charge in [-0.05, 0) is 18.9 Å². The van der Waals surface area contributed by atoms with Crippen molar-refractivity contribution in [1.29, 1.82) is 0 Å². The number of carbonyl (C=O) groups is 1. The van der Waals surface area contributed by atoms with Crippen LogP contribution in [-0.2, 0) is 0 Å². The van der Waals surface area contributed by atoms with Crippen molar-refractivity contribution in [3.05, 3.63) is 10.9 Å². The van der Waals surface area contributed by atoms with Crippen LogP contribution < -0.4 is 16.0 Å². The minimum atomic E-state index is -0.0426. The van der Waals surface area contributed by atoms with Crippen LogP contribution in [-0.4, -0.2) is 36.5 Å². The van der Waals surface area contributed by atoms with Gasteiger partial charge in [0.2, 0.25) is 0 Å². The number of nitrogen functional groups attached to an aromatic ring is 1. The zero-order chi connectivity index (χ0) is 14.5. The zero-order valence-electron chi connectivity index (χ0n) is 12.1. The van der Waals surface area contributed by atoms with Crippen molar-refractivity contribution in [3.8, 4) is 0 Å². The molecule has 2 rings (SSSR count). The molecule has 0 radical (unpaired) electrons. The van der Waals surface area contributed by atoms with E-state index in [4.69, 9.17) is 5.73 Å². The van der Waals surface area contributed by atoms with E-state index in [1.54, 1.807) is 0 Å². The van der Waals surface area contributed by atoms with Crippen molar-refractivity contribution in [2.75, 3.05) is 36.0 Å². The lowest BCUT2D eigenvalue weighted by Crippen LogP contribution is -2.37. The number of hydrogen-bond acceptors (Lipinski definition) is 5. The van der Waals surface area contributed by atoms with Crippen LogP contribution in [0.3, 0.4) is 0 Å². The lowest BCUT2D eigenvalue weighted by Gasteiger charge is -2.32. The Kier molecular flexibility index (Phi) is 5.60. The molecule has 6 heteroatoms. The van der Waals surface area contributed by atoms with Gasteiger partial charge < -0.3 is 16.0 Å². The molecular weight excluding hydrogens is 290 g/mol. The van der Waals surface area contributed by atoms with Crippen molar-refractivity contribution in [2.24, 2.45) is 0 Å². The molecule has 1 aromatic heterocycles. The second-order valence-corrected chi connectivity index (χ2v) is 7.41. The van der Waals surface area contributed by atoms with Gasteiger partial charge in [0, 0.05) is 30.6 Å². The second kappa shape index (κ2) is 7.22. The Labute approximate surface area is 129 Å². The summed E-state index contributed by atoms with van der Waals surface area (Å²) in [6.45, 7) is 7.06. The lowest BCUT2D eigenvalue weighted by molar-refractivity contribution is 0.0958. The molecule has 0 aliphatic carbocycles. The molecule has 112 valence electrons.